The summed E-state index contributed by atoms with van der Waals surface area (Å²) in [5.41, 5.74) is 1.52. The largest absolute Gasteiger partial charge is 0.321 e. The molecule has 5 heteroatoms. The smallest absolute Gasteiger partial charge is 0.279 e. The number of amides is 1. The molecule has 208 valence electrons. The summed E-state index contributed by atoms with van der Waals surface area (Å²) >= 11 is 0. The molecule has 1 N–H and O–H groups in total. The number of likely N-dealkylation sites (N-methyl/N-ethyl adjacent to an activating group) is 1. The van der Waals surface area contributed by atoms with Crippen molar-refractivity contribution in [2.45, 2.75) is 84.0 Å². The molecule has 0 radical (unpaired) electrons. The van der Waals surface area contributed by atoms with Crippen molar-refractivity contribution in [2.24, 2.45) is 0 Å². The number of rotatable bonds is 19. The topological polar surface area (TPSA) is 46.2 Å². The molecule has 38 heavy (non-hydrogen) atoms. The lowest BCUT2D eigenvalue weighted by Crippen LogP contribution is -2.46. The number of unbranched alkanes of at least 4 members (excludes halogenated alkanes) is 11. The number of nitrogens with one attached hydrogen (secondary N) is 1. The van der Waals surface area contributed by atoms with Gasteiger partial charge in [0.25, 0.3) is 5.91 Å². The number of benzene rings is 2. The zero-order valence-electron chi connectivity index (χ0n) is 23.8. The van der Waals surface area contributed by atoms with Crippen LogP contribution in [0.15, 0.2) is 54.6 Å². The molecule has 0 aliphatic rings. The lowest BCUT2D eigenvalue weighted by atomic mass is 10.1. The highest BCUT2D eigenvalue weighted by atomic mass is 19.1. The molecule has 0 saturated carbocycles. The summed E-state index contributed by atoms with van der Waals surface area (Å²) in [7, 11) is 4.20. The third kappa shape index (κ3) is 13.1. The fraction of sp³-hybridized carbons (Fsp3) is 0.515. The maximum atomic E-state index is 13.7. The van der Waals surface area contributed by atoms with E-state index in [1.54, 1.807) is 42.5 Å². The van der Waals surface area contributed by atoms with Gasteiger partial charge in [-0.1, -0.05) is 89.3 Å². The van der Waals surface area contributed by atoms with Crippen molar-refractivity contribution in [3.63, 3.8) is 0 Å². The molecule has 2 rings (SSSR count). The van der Waals surface area contributed by atoms with Crippen LogP contribution in [0.25, 0.3) is 6.08 Å². The number of anilines is 1. The summed E-state index contributed by atoms with van der Waals surface area (Å²) in [5, 5.41) is 2.94. The lowest BCUT2D eigenvalue weighted by molar-refractivity contribution is -0.882. The van der Waals surface area contributed by atoms with Crippen LogP contribution in [0.4, 0.5) is 10.1 Å². The molecule has 4 nitrogen and oxygen atoms in total. The van der Waals surface area contributed by atoms with Gasteiger partial charge < -0.3 is 9.80 Å². The summed E-state index contributed by atoms with van der Waals surface area (Å²) < 4.78 is 14.4. The number of halogens is 1. The van der Waals surface area contributed by atoms with Gasteiger partial charge in [0, 0.05) is 16.8 Å². The van der Waals surface area contributed by atoms with E-state index in [-0.39, 0.29) is 17.5 Å². The van der Waals surface area contributed by atoms with Crippen LogP contribution >= 0.6 is 0 Å². The summed E-state index contributed by atoms with van der Waals surface area (Å²) in [6.07, 6.45) is 18.8. The van der Waals surface area contributed by atoms with Gasteiger partial charge in [-0.25, -0.2) is 4.39 Å². The van der Waals surface area contributed by atoms with E-state index in [2.05, 4.69) is 26.3 Å². The average molecular weight is 524 g/mol. The molecular formula is C33H48FN2O2+. The summed E-state index contributed by atoms with van der Waals surface area (Å²) in [6.45, 7) is 3.65. The van der Waals surface area contributed by atoms with Gasteiger partial charge >= 0.3 is 0 Å². The number of nitrogens with zero attached hydrogens (tertiary/aromatic N) is 1. The minimum Gasteiger partial charge on any atom is -0.321 e. The Bertz CT molecular complexity index is 998. The molecule has 0 unspecified atom stereocenters. The number of hydrogen-bond donors (Lipinski definition) is 1. The predicted octanol–water partition coefficient (Wildman–Crippen LogP) is 8.44. The number of allylic oxidation sites excluding steroid dienone is 1. The Morgan fingerprint density at radius 2 is 1.34 bits per heavy atom. The summed E-state index contributed by atoms with van der Waals surface area (Å²) in [5.74, 6) is -0.617. The van der Waals surface area contributed by atoms with E-state index in [0.29, 0.717) is 27.8 Å². The Morgan fingerprint density at radius 3 is 1.92 bits per heavy atom. The molecule has 0 fully saturated rings. The van der Waals surface area contributed by atoms with Gasteiger partial charge in [0.15, 0.2) is 12.3 Å². The minimum absolute atomic E-state index is 0.0348. The average Bonchev–Trinajstić information content (AvgIpc) is 2.88. The predicted molar refractivity (Wildman–Crippen MR) is 158 cm³/mol. The molecule has 0 aliphatic heterocycles. The van der Waals surface area contributed by atoms with Crippen molar-refractivity contribution in [1.29, 1.82) is 0 Å². The lowest BCUT2D eigenvalue weighted by Gasteiger charge is -2.29. The van der Waals surface area contributed by atoms with Gasteiger partial charge in [-0.05, 0) is 55.3 Å². The molecule has 0 spiro atoms. The first-order valence-electron chi connectivity index (χ1n) is 14.5. The monoisotopic (exact) mass is 523 g/mol. The molecule has 0 atom stereocenters. The van der Waals surface area contributed by atoms with Crippen LogP contribution in [-0.4, -0.2) is 43.4 Å². The van der Waals surface area contributed by atoms with E-state index in [1.807, 2.05) is 0 Å². The molecule has 0 bridgehead atoms. The van der Waals surface area contributed by atoms with E-state index in [4.69, 9.17) is 0 Å². The molecule has 2 aromatic carbocycles. The number of hydrogen-bond acceptors (Lipinski definition) is 2. The van der Waals surface area contributed by atoms with E-state index in [1.165, 1.54) is 88.8 Å². The number of carbonyl (C=O) groups excluding carboxylic acids is 2. The van der Waals surface area contributed by atoms with E-state index < -0.39 is 0 Å². The number of quaternary nitrogens is 1. The highest BCUT2D eigenvalue weighted by Gasteiger charge is 2.19. The van der Waals surface area contributed by atoms with E-state index in [9.17, 15) is 14.0 Å². The summed E-state index contributed by atoms with van der Waals surface area (Å²) in [6, 6.07) is 13.1. The summed E-state index contributed by atoms with van der Waals surface area (Å²) in [4.78, 5) is 25.0. The molecule has 1 amide bonds. The van der Waals surface area contributed by atoms with Crippen molar-refractivity contribution in [1.82, 2.24) is 0 Å². The third-order valence-corrected chi connectivity index (χ3v) is 6.96. The van der Waals surface area contributed by atoms with Crippen LogP contribution in [0.1, 0.15) is 99.9 Å². The quantitative estimate of drug-likeness (QED) is 0.0869. The maximum absolute atomic E-state index is 13.7. The highest BCUT2D eigenvalue weighted by Crippen LogP contribution is 2.15. The zero-order valence-corrected chi connectivity index (χ0v) is 23.8. The fourth-order valence-electron chi connectivity index (χ4n) is 4.64. The third-order valence-electron chi connectivity index (χ3n) is 6.96. The first-order chi connectivity index (χ1) is 18.3. The fourth-order valence-corrected chi connectivity index (χ4v) is 4.64. The first-order valence-corrected chi connectivity index (χ1v) is 14.5. The Morgan fingerprint density at radius 1 is 0.789 bits per heavy atom. The van der Waals surface area contributed by atoms with E-state index in [0.717, 1.165) is 13.0 Å². The molecule has 0 saturated heterocycles. The van der Waals surface area contributed by atoms with Gasteiger partial charge in [-0.15, -0.1) is 0 Å². The Balaban J connectivity index is 1.63. The van der Waals surface area contributed by atoms with Gasteiger partial charge in [0.05, 0.1) is 20.6 Å². The highest BCUT2D eigenvalue weighted by molar-refractivity contribution is 6.07. The van der Waals surface area contributed by atoms with Crippen LogP contribution in [0, 0.1) is 5.82 Å². The van der Waals surface area contributed by atoms with Crippen LogP contribution in [0.3, 0.4) is 0 Å². The number of ketones is 1. The standard InChI is InChI=1S/C33H47FN2O2/c1-4-5-6-7-8-9-10-11-12-13-14-17-26-36(2,3)27-33(38)35-30-23-20-29(21-24-30)32(37)25-22-28-18-15-16-19-31(28)34/h15-16,18-25H,4-14,17,26-27H2,1-3H3/p+1/b25-22+. The Labute approximate surface area is 229 Å². The van der Waals surface area contributed by atoms with Gasteiger partial charge in [0.2, 0.25) is 0 Å². The van der Waals surface area contributed by atoms with Crippen LogP contribution < -0.4 is 5.32 Å². The molecule has 0 aliphatic carbocycles. The van der Waals surface area contributed by atoms with Gasteiger partial charge in [-0.2, -0.15) is 0 Å². The van der Waals surface area contributed by atoms with Crippen LogP contribution in [-0.2, 0) is 4.79 Å². The zero-order chi connectivity index (χ0) is 27.6. The van der Waals surface area contributed by atoms with Crippen LogP contribution in [0.2, 0.25) is 0 Å². The van der Waals surface area contributed by atoms with Crippen molar-refractivity contribution in [3.8, 4) is 0 Å². The normalized spacial score (nSPS) is 11.7. The SMILES string of the molecule is CCCCCCCCCCCCCC[N+](C)(C)CC(=O)Nc1ccc(C(=O)/C=C/c2ccccc2F)cc1. The second-order valence-corrected chi connectivity index (χ2v) is 11.1. The molecule has 2 aromatic rings. The minimum atomic E-state index is -0.366. The Kier molecular flexibility index (Phi) is 14.6. The van der Waals surface area contributed by atoms with Crippen molar-refractivity contribution >= 4 is 23.5 Å². The molecule has 0 aromatic heterocycles. The maximum Gasteiger partial charge on any atom is 0.279 e. The first kappa shape index (κ1) is 31.4. The molecule has 0 heterocycles. The van der Waals surface area contributed by atoms with E-state index >= 15 is 0 Å². The second-order valence-electron chi connectivity index (χ2n) is 11.1. The van der Waals surface area contributed by atoms with Crippen LogP contribution in [0.5, 0.6) is 0 Å². The second kappa shape index (κ2) is 17.7. The van der Waals surface area contributed by atoms with Crippen molar-refractivity contribution in [3.05, 3.63) is 71.6 Å². The number of carbonyl (C=O) groups is 2. The van der Waals surface area contributed by atoms with Crippen molar-refractivity contribution in [2.75, 3.05) is 32.5 Å². The van der Waals surface area contributed by atoms with Crippen molar-refractivity contribution < 1.29 is 18.5 Å². The van der Waals surface area contributed by atoms with Gasteiger partial charge in [-0.3, -0.25) is 9.59 Å². The molecular weight excluding hydrogens is 475 g/mol. The Hall–Kier alpha value is -2.79. The van der Waals surface area contributed by atoms with Gasteiger partial charge in [0.1, 0.15) is 5.82 Å².